The van der Waals surface area contributed by atoms with E-state index in [0.717, 1.165) is 16.7 Å². The van der Waals surface area contributed by atoms with Gasteiger partial charge < -0.3 is 9.64 Å². The summed E-state index contributed by atoms with van der Waals surface area (Å²) in [6, 6.07) is 5.58. The lowest BCUT2D eigenvalue weighted by molar-refractivity contribution is -0.144. The number of halogens is 3. The number of aromatic nitrogens is 2. The molecular weight excluding hydrogens is 359 g/mol. The van der Waals surface area contributed by atoms with Crippen LogP contribution in [0.4, 0.5) is 18.0 Å². The highest BCUT2D eigenvalue weighted by molar-refractivity contribution is 5.69. The van der Waals surface area contributed by atoms with Crippen LogP contribution in [0.25, 0.3) is 11.1 Å². The Morgan fingerprint density at radius 3 is 2.33 bits per heavy atom. The summed E-state index contributed by atoms with van der Waals surface area (Å²) in [6.07, 6.45) is -1.92. The van der Waals surface area contributed by atoms with E-state index in [-0.39, 0.29) is 6.09 Å². The Morgan fingerprint density at radius 1 is 1.07 bits per heavy atom. The molecule has 0 radical (unpaired) electrons. The summed E-state index contributed by atoms with van der Waals surface area (Å²) in [5, 5.41) is 0. The van der Waals surface area contributed by atoms with Crippen molar-refractivity contribution in [2.75, 3.05) is 6.54 Å². The number of alkyl halides is 3. The van der Waals surface area contributed by atoms with E-state index in [4.69, 9.17) is 4.74 Å². The molecule has 0 fully saturated rings. The standard InChI is InChI=1S/C19H20F3N3O2/c1-18(2,3)27-17(26)25-7-6-13-8-12(4-5-14(13)11-25)15-9-23-16(24-10-15)19(20,21)22/h4-5,8-10H,6-7,11H2,1-3H3. The molecule has 0 saturated carbocycles. The second kappa shape index (κ2) is 6.83. The van der Waals surface area contributed by atoms with Gasteiger partial charge in [-0.15, -0.1) is 0 Å². The minimum Gasteiger partial charge on any atom is -0.444 e. The summed E-state index contributed by atoms with van der Waals surface area (Å²) in [6.45, 7) is 6.42. The number of hydrogen-bond donors (Lipinski definition) is 0. The van der Waals surface area contributed by atoms with Crippen LogP contribution in [0.15, 0.2) is 30.6 Å². The quantitative estimate of drug-likeness (QED) is 0.734. The number of carbonyl (C=O) groups excluding carboxylic acids is 1. The molecule has 27 heavy (non-hydrogen) atoms. The van der Waals surface area contributed by atoms with Crippen LogP contribution in [-0.2, 0) is 23.9 Å². The summed E-state index contributed by atoms with van der Waals surface area (Å²) < 4.78 is 43.2. The van der Waals surface area contributed by atoms with Gasteiger partial charge in [-0.05, 0) is 43.9 Å². The van der Waals surface area contributed by atoms with Crippen molar-refractivity contribution in [1.82, 2.24) is 14.9 Å². The van der Waals surface area contributed by atoms with E-state index < -0.39 is 17.6 Å². The molecule has 1 aliphatic heterocycles. The minimum absolute atomic E-state index is 0.353. The summed E-state index contributed by atoms with van der Waals surface area (Å²) in [5.74, 6) is -1.16. The fourth-order valence-electron chi connectivity index (χ4n) is 2.84. The Morgan fingerprint density at radius 2 is 1.74 bits per heavy atom. The molecule has 2 aromatic rings. The first-order valence-corrected chi connectivity index (χ1v) is 8.52. The monoisotopic (exact) mass is 379 g/mol. The predicted octanol–water partition coefficient (Wildman–Crippen LogP) is 4.46. The molecule has 0 bridgehead atoms. The van der Waals surface area contributed by atoms with Crippen LogP contribution in [-0.4, -0.2) is 33.1 Å². The number of hydrogen-bond acceptors (Lipinski definition) is 4. The maximum atomic E-state index is 12.6. The van der Waals surface area contributed by atoms with Crippen molar-refractivity contribution in [2.24, 2.45) is 0 Å². The topological polar surface area (TPSA) is 55.3 Å². The Balaban J connectivity index is 1.76. The molecule has 1 aliphatic rings. The molecular formula is C19H20F3N3O2. The van der Waals surface area contributed by atoms with Gasteiger partial charge in [-0.25, -0.2) is 14.8 Å². The van der Waals surface area contributed by atoms with E-state index in [1.807, 2.05) is 32.9 Å². The summed E-state index contributed by atoms with van der Waals surface area (Å²) >= 11 is 0. The maximum absolute atomic E-state index is 12.6. The summed E-state index contributed by atoms with van der Waals surface area (Å²) in [4.78, 5) is 20.7. The van der Waals surface area contributed by atoms with Crippen LogP contribution >= 0.6 is 0 Å². The van der Waals surface area contributed by atoms with Crippen LogP contribution in [0, 0.1) is 0 Å². The smallest absolute Gasteiger partial charge is 0.444 e. The predicted molar refractivity (Wildman–Crippen MR) is 92.8 cm³/mol. The van der Waals surface area contributed by atoms with Gasteiger partial charge in [-0.3, -0.25) is 0 Å². The van der Waals surface area contributed by atoms with Crippen molar-refractivity contribution in [3.05, 3.63) is 47.5 Å². The molecule has 0 atom stereocenters. The third-order valence-electron chi connectivity index (χ3n) is 4.11. The lowest BCUT2D eigenvalue weighted by Crippen LogP contribution is -2.39. The van der Waals surface area contributed by atoms with Crippen LogP contribution < -0.4 is 0 Å². The molecule has 1 aromatic heterocycles. The molecule has 1 amide bonds. The lowest BCUT2D eigenvalue weighted by Gasteiger charge is -2.31. The summed E-state index contributed by atoms with van der Waals surface area (Å²) in [5.41, 5.74) is 2.74. The number of nitrogens with zero attached hydrogens (tertiary/aromatic N) is 3. The van der Waals surface area contributed by atoms with Crippen molar-refractivity contribution >= 4 is 6.09 Å². The average Bonchev–Trinajstić information content (AvgIpc) is 2.58. The van der Waals surface area contributed by atoms with Gasteiger partial charge in [0.2, 0.25) is 5.82 Å². The number of carbonyl (C=O) groups is 1. The number of fused-ring (bicyclic) bond motifs is 1. The molecule has 0 spiro atoms. The van der Waals surface area contributed by atoms with Crippen molar-refractivity contribution in [3.63, 3.8) is 0 Å². The van der Waals surface area contributed by atoms with Crippen LogP contribution in [0.2, 0.25) is 0 Å². The Kier molecular flexibility index (Phi) is 4.84. The fraction of sp³-hybridized carbons (Fsp3) is 0.421. The second-order valence-electron chi connectivity index (χ2n) is 7.43. The summed E-state index contributed by atoms with van der Waals surface area (Å²) in [7, 11) is 0. The highest BCUT2D eigenvalue weighted by Crippen LogP contribution is 2.29. The molecule has 5 nitrogen and oxygen atoms in total. The number of rotatable bonds is 1. The highest BCUT2D eigenvalue weighted by atomic mass is 19.4. The molecule has 0 aliphatic carbocycles. The Labute approximate surface area is 155 Å². The molecule has 8 heteroatoms. The SMILES string of the molecule is CC(C)(C)OC(=O)N1CCc2cc(-c3cnc(C(F)(F)F)nc3)ccc2C1. The zero-order valence-electron chi connectivity index (χ0n) is 15.3. The van der Waals surface area contributed by atoms with Gasteiger partial charge in [0, 0.05) is 31.0 Å². The lowest BCUT2D eigenvalue weighted by atomic mass is 9.95. The van der Waals surface area contributed by atoms with Gasteiger partial charge in [0.05, 0.1) is 0 Å². The van der Waals surface area contributed by atoms with Gasteiger partial charge in [0.25, 0.3) is 0 Å². The maximum Gasteiger partial charge on any atom is 0.451 e. The molecule has 144 valence electrons. The van der Waals surface area contributed by atoms with Gasteiger partial charge in [-0.1, -0.05) is 18.2 Å². The third-order valence-corrected chi connectivity index (χ3v) is 4.11. The minimum atomic E-state index is -4.56. The Bertz CT molecular complexity index is 843. The molecule has 0 unspecified atom stereocenters. The van der Waals surface area contributed by atoms with Crippen LogP contribution in [0.3, 0.4) is 0 Å². The molecule has 1 aromatic carbocycles. The Hall–Kier alpha value is -2.64. The molecule has 0 saturated heterocycles. The van der Waals surface area contributed by atoms with Gasteiger partial charge in [0.15, 0.2) is 0 Å². The van der Waals surface area contributed by atoms with Crippen molar-refractivity contribution in [2.45, 2.75) is 45.5 Å². The van der Waals surface area contributed by atoms with E-state index in [1.54, 1.807) is 11.0 Å². The number of ether oxygens (including phenoxy) is 1. The van der Waals surface area contributed by atoms with Crippen molar-refractivity contribution in [3.8, 4) is 11.1 Å². The van der Waals surface area contributed by atoms with E-state index in [1.165, 1.54) is 12.4 Å². The largest absolute Gasteiger partial charge is 0.451 e. The normalized spacial score (nSPS) is 14.7. The molecule has 2 heterocycles. The zero-order valence-corrected chi connectivity index (χ0v) is 15.3. The average molecular weight is 379 g/mol. The van der Waals surface area contributed by atoms with E-state index >= 15 is 0 Å². The van der Waals surface area contributed by atoms with Gasteiger partial charge in [0.1, 0.15) is 5.60 Å². The van der Waals surface area contributed by atoms with E-state index in [2.05, 4.69) is 9.97 Å². The van der Waals surface area contributed by atoms with Gasteiger partial charge in [-0.2, -0.15) is 13.2 Å². The van der Waals surface area contributed by atoms with Crippen LogP contribution in [0.1, 0.15) is 37.7 Å². The first kappa shape index (κ1) is 19.1. The van der Waals surface area contributed by atoms with Gasteiger partial charge >= 0.3 is 12.3 Å². The first-order chi connectivity index (χ1) is 12.5. The number of benzene rings is 1. The second-order valence-corrected chi connectivity index (χ2v) is 7.43. The molecule has 0 N–H and O–H groups in total. The molecule has 3 rings (SSSR count). The zero-order chi connectivity index (χ0) is 19.8. The van der Waals surface area contributed by atoms with Crippen molar-refractivity contribution in [1.29, 1.82) is 0 Å². The first-order valence-electron chi connectivity index (χ1n) is 8.52. The van der Waals surface area contributed by atoms with E-state index in [0.29, 0.717) is 25.1 Å². The fourth-order valence-corrected chi connectivity index (χ4v) is 2.84. The third kappa shape index (κ3) is 4.56. The van der Waals surface area contributed by atoms with Crippen LogP contribution in [0.5, 0.6) is 0 Å². The highest BCUT2D eigenvalue weighted by Gasteiger charge is 2.34. The van der Waals surface area contributed by atoms with E-state index in [9.17, 15) is 18.0 Å². The van der Waals surface area contributed by atoms with Crippen molar-refractivity contribution < 1.29 is 22.7 Å². The number of amides is 1.